The molecule has 5 atom stereocenters. The van der Waals surface area contributed by atoms with Crippen molar-refractivity contribution in [1.82, 2.24) is 5.32 Å². The zero-order chi connectivity index (χ0) is 18.9. The fourth-order valence-corrected chi connectivity index (χ4v) is 3.31. The number of ether oxygens (including phenoxy) is 4. The topological polar surface area (TPSA) is 86.2 Å². The first-order chi connectivity index (χ1) is 12.3. The van der Waals surface area contributed by atoms with Gasteiger partial charge >= 0.3 is 0 Å². The Balaban J connectivity index is 1.81. The van der Waals surface area contributed by atoms with Crippen molar-refractivity contribution >= 4 is 5.91 Å². The van der Waals surface area contributed by atoms with E-state index < -0.39 is 36.4 Å². The summed E-state index contributed by atoms with van der Waals surface area (Å²) in [5.41, 5.74) is 1.12. The van der Waals surface area contributed by atoms with Crippen LogP contribution in [0.5, 0.6) is 5.75 Å². The Morgan fingerprint density at radius 3 is 2.88 bits per heavy atom. The molecule has 0 radical (unpaired) electrons. The highest BCUT2D eigenvalue weighted by Crippen LogP contribution is 2.33. The van der Waals surface area contributed by atoms with Gasteiger partial charge in [0.15, 0.2) is 5.79 Å². The van der Waals surface area contributed by atoms with Gasteiger partial charge in [0.25, 0.3) is 0 Å². The minimum Gasteiger partial charge on any atom is -0.463 e. The fraction of sp³-hybridized carbons (Fsp3) is 0.632. The summed E-state index contributed by atoms with van der Waals surface area (Å²) in [7, 11) is 0. The SMILES string of the molecule is CCc1cccc(OC2OC3COC(C)(C)OC3C(O)C2NC(C)=O)c1. The molecule has 2 N–H and O–H groups in total. The van der Waals surface area contributed by atoms with Crippen LogP contribution in [0.25, 0.3) is 0 Å². The van der Waals surface area contributed by atoms with Gasteiger partial charge in [0, 0.05) is 6.92 Å². The van der Waals surface area contributed by atoms with E-state index >= 15 is 0 Å². The molecule has 2 aliphatic rings. The van der Waals surface area contributed by atoms with Gasteiger partial charge in [-0.3, -0.25) is 4.79 Å². The van der Waals surface area contributed by atoms with Crippen molar-refractivity contribution in [2.45, 2.75) is 70.5 Å². The van der Waals surface area contributed by atoms with Gasteiger partial charge in [0.05, 0.1) is 6.61 Å². The van der Waals surface area contributed by atoms with Crippen LogP contribution >= 0.6 is 0 Å². The zero-order valence-corrected chi connectivity index (χ0v) is 15.6. The second kappa shape index (κ2) is 7.52. The molecule has 2 aliphatic heterocycles. The largest absolute Gasteiger partial charge is 0.463 e. The summed E-state index contributed by atoms with van der Waals surface area (Å²) in [5.74, 6) is -0.484. The van der Waals surface area contributed by atoms with Crippen molar-refractivity contribution in [3.8, 4) is 5.75 Å². The number of fused-ring (bicyclic) bond motifs is 1. The van der Waals surface area contributed by atoms with Crippen LogP contribution in [0.3, 0.4) is 0 Å². The Hall–Kier alpha value is -1.67. The van der Waals surface area contributed by atoms with Gasteiger partial charge in [0.2, 0.25) is 12.2 Å². The summed E-state index contributed by atoms with van der Waals surface area (Å²) in [6.07, 6.45) is -2.06. The highest BCUT2D eigenvalue weighted by Gasteiger charge is 2.52. The molecule has 2 heterocycles. The van der Waals surface area contributed by atoms with E-state index in [1.54, 1.807) is 13.8 Å². The van der Waals surface area contributed by atoms with E-state index in [0.717, 1.165) is 12.0 Å². The van der Waals surface area contributed by atoms with E-state index in [1.165, 1.54) is 6.92 Å². The second-order valence-electron chi connectivity index (χ2n) is 7.17. The average Bonchev–Trinajstić information content (AvgIpc) is 2.58. The molecule has 1 aromatic carbocycles. The number of aliphatic hydroxyl groups is 1. The third-order valence-electron chi connectivity index (χ3n) is 4.62. The Morgan fingerprint density at radius 2 is 2.19 bits per heavy atom. The number of carbonyl (C=O) groups is 1. The number of benzene rings is 1. The van der Waals surface area contributed by atoms with Gasteiger partial charge in [-0.15, -0.1) is 0 Å². The Kier molecular flexibility index (Phi) is 5.53. The standard InChI is InChI=1S/C19H27NO6/c1-5-12-7-6-8-13(9-12)24-18-15(20-11(2)21)16(22)17-14(25-18)10-23-19(3,4)26-17/h6-9,14-18,22H,5,10H2,1-4H3,(H,20,21). The lowest BCUT2D eigenvalue weighted by Crippen LogP contribution is -2.69. The predicted octanol–water partition coefficient (Wildman–Crippen LogP) is 1.37. The van der Waals surface area contributed by atoms with E-state index in [0.29, 0.717) is 5.75 Å². The molecule has 144 valence electrons. The molecule has 2 fully saturated rings. The first-order valence-corrected chi connectivity index (χ1v) is 8.97. The molecule has 0 aliphatic carbocycles. The van der Waals surface area contributed by atoms with E-state index in [2.05, 4.69) is 12.2 Å². The number of rotatable bonds is 4. The highest BCUT2D eigenvalue weighted by atomic mass is 16.8. The third-order valence-corrected chi connectivity index (χ3v) is 4.62. The van der Waals surface area contributed by atoms with Crippen LogP contribution in [0.1, 0.15) is 33.3 Å². The molecule has 5 unspecified atom stereocenters. The lowest BCUT2D eigenvalue weighted by atomic mass is 9.95. The number of aliphatic hydroxyl groups excluding tert-OH is 1. The van der Waals surface area contributed by atoms with Gasteiger partial charge in [-0.05, 0) is 38.0 Å². The Morgan fingerprint density at radius 1 is 1.42 bits per heavy atom. The first kappa shape index (κ1) is 19.1. The lowest BCUT2D eigenvalue weighted by Gasteiger charge is -2.49. The van der Waals surface area contributed by atoms with Crippen molar-refractivity contribution in [2.75, 3.05) is 6.61 Å². The zero-order valence-electron chi connectivity index (χ0n) is 15.6. The molecule has 0 bridgehead atoms. The van der Waals surface area contributed by atoms with Gasteiger partial charge in [0.1, 0.15) is 30.1 Å². The lowest BCUT2D eigenvalue weighted by molar-refractivity contribution is -0.361. The summed E-state index contributed by atoms with van der Waals surface area (Å²) in [6.45, 7) is 7.28. The number of aryl methyl sites for hydroxylation is 1. The summed E-state index contributed by atoms with van der Waals surface area (Å²) in [5, 5.41) is 13.6. The molecule has 1 amide bonds. The normalized spacial score (nSPS) is 33.2. The first-order valence-electron chi connectivity index (χ1n) is 8.97. The maximum atomic E-state index is 11.6. The van der Waals surface area contributed by atoms with Gasteiger partial charge in [-0.1, -0.05) is 19.1 Å². The van der Waals surface area contributed by atoms with Crippen LogP contribution in [0.15, 0.2) is 24.3 Å². The molecular formula is C19H27NO6. The quantitative estimate of drug-likeness (QED) is 0.838. The number of amides is 1. The number of carbonyl (C=O) groups excluding carboxylic acids is 1. The van der Waals surface area contributed by atoms with Crippen molar-refractivity contribution in [1.29, 1.82) is 0 Å². The van der Waals surface area contributed by atoms with Gasteiger partial charge < -0.3 is 29.4 Å². The minimum absolute atomic E-state index is 0.274. The van der Waals surface area contributed by atoms with Crippen molar-refractivity contribution in [3.05, 3.63) is 29.8 Å². The maximum absolute atomic E-state index is 11.6. The van der Waals surface area contributed by atoms with Gasteiger partial charge in [-0.25, -0.2) is 0 Å². The monoisotopic (exact) mass is 365 g/mol. The van der Waals surface area contributed by atoms with Crippen LogP contribution < -0.4 is 10.1 Å². The molecule has 7 heteroatoms. The van der Waals surface area contributed by atoms with Crippen LogP contribution in [0.4, 0.5) is 0 Å². The van der Waals surface area contributed by atoms with Crippen LogP contribution in [-0.4, -0.2) is 54.1 Å². The Bertz CT molecular complexity index is 649. The molecular weight excluding hydrogens is 338 g/mol. The van der Waals surface area contributed by atoms with E-state index in [-0.39, 0.29) is 12.5 Å². The Labute approximate surface area is 153 Å². The molecule has 26 heavy (non-hydrogen) atoms. The molecule has 0 aromatic heterocycles. The highest BCUT2D eigenvalue weighted by molar-refractivity contribution is 5.73. The molecule has 7 nitrogen and oxygen atoms in total. The molecule has 0 spiro atoms. The third kappa shape index (κ3) is 4.17. The van der Waals surface area contributed by atoms with Crippen molar-refractivity contribution < 1.29 is 28.8 Å². The maximum Gasteiger partial charge on any atom is 0.223 e. The predicted molar refractivity (Wildman–Crippen MR) is 93.6 cm³/mol. The molecule has 1 aromatic rings. The minimum atomic E-state index is -0.986. The molecule has 0 saturated carbocycles. The van der Waals surface area contributed by atoms with E-state index in [9.17, 15) is 9.90 Å². The summed E-state index contributed by atoms with van der Waals surface area (Å²) >= 11 is 0. The van der Waals surface area contributed by atoms with E-state index in [1.807, 2.05) is 24.3 Å². The summed E-state index contributed by atoms with van der Waals surface area (Å²) < 4.78 is 23.4. The molecule has 3 rings (SSSR count). The van der Waals surface area contributed by atoms with E-state index in [4.69, 9.17) is 18.9 Å². The van der Waals surface area contributed by atoms with Gasteiger partial charge in [-0.2, -0.15) is 0 Å². The van der Waals surface area contributed by atoms with Crippen molar-refractivity contribution in [3.63, 3.8) is 0 Å². The molecule has 2 saturated heterocycles. The smallest absolute Gasteiger partial charge is 0.223 e. The fourth-order valence-electron chi connectivity index (χ4n) is 3.31. The van der Waals surface area contributed by atoms with Crippen LogP contribution in [0.2, 0.25) is 0 Å². The van der Waals surface area contributed by atoms with Crippen molar-refractivity contribution in [2.24, 2.45) is 0 Å². The van der Waals surface area contributed by atoms with Crippen LogP contribution in [0, 0.1) is 0 Å². The number of nitrogens with one attached hydrogen (secondary N) is 1. The summed E-state index contributed by atoms with van der Waals surface area (Å²) in [6, 6.07) is 6.90. The number of hydrogen-bond acceptors (Lipinski definition) is 6. The summed E-state index contributed by atoms with van der Waals surface area (Å²) in [4.78, 5) is 11.6. The van der Waals surface area contributed by atoms with Crippen LogP contribution in [-0.2, 0) is 25.4 Å². The second-order valence-corrected chi connectivity index (χ2v) is 7.17. The number of hydrogen-bond donors (Lipinski definition) is 2. The average molecular weight is 365 g/mol.